The Morgan fingerprint density at radius 1 is 1.45 bits per heavy atom. The number of halogens is 1. The predicted molar refractivity (Wildman–Crippen MR) is 75.8 cm³/mol. The fourth-order valence-electron chi connectivity index (χ4n) is 2.02. The van der Waals surface area contributed by atoms with Crippen LogP contribution in [-0.4, -0.2) is 43.7 Å². The van der Waals surface area contributed by atoms with Crippen molar-refractivity contribution >= 4 is 33.2 Å². The number of nitro groups is 1. The molecule has 7 nitrogen and oxygen atoms in total. The summed E-state index contributed by atoms with van der Waals surface area (Å²) in [5, 5.41) is 13.6. The van der Waals surface area contributed by atoms with Crippen LogP contribution in [0.5, 0.6) is 0 Å². The third-order valence-electron chi connectivity index (χ3n) is 3.04. The van der Waals surface area contributed by atoms with Gasteiger partial charge in [0.05, 0.1) is 18.1 Å². The summed E-state index contributed by atoms with van der Waals surface area (Å²) in [5.74, 6) is -0.229. The summed E-state index contributed by atoms with van der Waals surface area (Å²) in [7, 11) is 0. The van der Waals surface area contributed by atoms with E-state index in [-0.39, 0.29) is 23.8 Å². The number of rotatable bonds is 4. The van der Waals surface area contributed by atoms with Gasteiger partial charge < -0.3 is 15.0 Å². The van der Waals surface area contributed by atoms with Crippen LogP contribution in [0.4, 0.5) is 11.4 Å². The molecule has 1 aliphatic heterocycles. The van der Waals surface area contributed by atoms with Crippen LogP contribution in [0.25, 0.3) is 0 Å². The number of carbonyl (C=O) groups is 1. The van der Waals surface area contributed by atoms with Crippen LogP contribution in [0.2, 0.25) is 0 Å². The summed E-state index contributed by atoms with van der Waals surface area (Å²) in [6, 6.07) is 4.55. The van der Waals surface area contributed by atoms with Crippen LogP contribution in [0.3, 0.4) is 0 Å². The van der Waals surface area contributed by atoms with Gasteiger partial charge in [-0.3, -0.25) is 14.9 Å². The van der Waals surface area contributed by atoms with Crippen molar-refractivity contribution in [2.24, 2.45) is 0 Å². The normalized spacial score (nSPS) is 15.8. The van der Waals surface area contributed by atoms with E-state index in [1.165, 1.54) is 12.1 Å². The van der Waals surface area contributed by atoms with Gasteiger partial charge in [-0.05, 0) is 12.1 Å². The Kier molecular flexibility index (Phi) is 5.05. The minimum Gasteiger partial charge on any atom is -0.370 e. The first kappa shape index (κ1) is 14.9. The van der Waals surface area contributed by atoms with Crippen molar-refractivity contribution in [3.05, 3.63) is 32.8 Å². The monoisotopic (exact) mass is 344 g/mol. The molecule has 108 valence electrons. The summed E-state index contributed by atoms with van der Waals surface area (Å²) in [4.78, 5) is 23.5. The lowest BCUT2D eigenvalue weighted by Crippen LogP contribution is -3.15. The van der Waals surface area contributed by atoms with Gasteiger partial charge in [-0.1, -0.05) is 15.9 Å². The molecule has 0 aromatic heterocycles. The van der Waals surface area contributed by atoms with Crippen molar-refractivity contribution in [2.45, 2.75) is 0 Å². The molecule has 1 aliphatic rings. The number of nitrogens with one attached hydrogen (secondary N) is 2. The number of amides is 1. The van der Waals surface area contributed by atoms with E-state index < -0.39 is 4.92 Å². The zero-order valence-corrected chi connectivity index (χ0v) is 12.3. The number of anilines is 1. The quantitative estimate of drug-likeness (QED) is 0.604. The van der Waals surface area contributed by atoms with Crippen LogP contribution < -0.4 is 10.2 Å². The molecule has 1 saturated heterocycles. The Morgan fingerprint density at radius 2 is 2.15 bits per heavy atom. The predicted octanol–water partition coefficient (Wildman–Crippen LogP) is 0.211. The van der Waals surface area contributed by atoms with Gasteiger partial charge in [-0.25, -0.2) is 0 Å². The Labute approximate surface area is 124 Å². The van der Waals surface area contributed by atoms with E-state index in [4.69, 9.17) is 4.74 Å². The number of benzene rings is 1. The molecule has 2 rings (SSSR count). The Bertz CT molecular complexity index is 517. The lowest BCUT2D eigenvalue weighted by Gasteiger charge is -2.23. The summed E-state index contributed by atoms with van der Waals surface area (Å²) in [6.07, 6.45) is 0. The zero-order chi connectivity index (χ0) is 14.5. The number of nitro benzene ring substituents is 1. The molecule has 1 aromatic rings. The third-order valence-corrected chi connectivity index (χ3v) is 3.53. The van der Waals surface area contributed by atoms with Crippen molar-refractivity contribution in [1.82, 2.24) is 0 Å². The average molecular weight is 345 g/mol. The number of quaternary nitrogens is 1. The fraction of sp³-hybridized carbons (Fsp3) is 0.417. The highest BCUT2D eigenvalue weighted by molar-refractivity contribution is 9.10. The number of hydrogen-bond acceptors (Lipinski definition) is 4. The zero-order valence-electron chi connectivity index (χ0n) is 10.7. The van der Waals surface area contributed by atoms with Crippen LogP contribution in [0.15, 0.2) is 22.7 Å². The molecule has 0 atom stereocenters. The molecule has 0 bridgehead atoms. The van der Waals surface area contributed by atoms with Crippen LogP contribution in [0.1, 0.15) is 0 Å². The lowest BCUT2D eigenvalue weighted by molar-refractivity contribution is -0.899. The maximum Gasteiger partial charge on any atom is 0.293 e. The Balaban J connectivity index is 2.01. The topological polar surface area (TPSA) is 85.9 Å². The van der Waals surface area contributed by atoms with Crippen LogP contribution >= 0.6 is 15.9 Å². The first-order valence-electron chi connectivity index (χ1n) is 6.21. The van der Waals surface area contributed by atoms with Gasteiger partial charge in [0.15, 0.2) is 6.54 Å². The molecule has 0 saturated carbocycles. The summed E-state index contributed by atoms with van der Waals surface area (Å²) in [5.41, 5.74) is 0.0977. The molecular formula is C12H15BrN3O4+. The number of carbonyl (C=O) groups excluding carboxylic acids is 1. The van der Waals surface area contributed by atoms with Crippen molar-refractivity contribution in [3.8, 4) is 0 Å². The van der Waals surface area contributed by atoms with E-state index in [1.54, 1.807) is 6.07 Å². The molecule has 8 heteroatoms. The summed E-state index contributed by atoms with van der Waals surface area (Å²) in [6.45, 7) is 3.12. The lowest BCUT2D eigenvalue weighted by atomic mass is 10.2. The molecule has 2 N–H and O–H groups in total. The van der Waals surface area contributed by atoms with Crippen molar-refractivity contribution < 1.29 is 19.4 Å². The third kappa shape index (κ3) is 3.99. The average Bonchev–Trinajstić information content (AvgIpc) is 2.41. The molecule has 0 spiro atoms. The van der Waals surface area contributed by atoms with Crippen molar-refractivity contribution in [3.63, 3.8) is 0 Å². The SMILES string of the molecule is O=C(C[NH+]1CCOCC1)Nc1ccc(Br)cc1[N+](=O)[O-]. The Morgan fingerprint density at radius 3 is 2.80 bits per heavy atom. The minimum atomic E-state index is -0.512. The van der Waals surface area contributed by atoms with E-state index in [9.17, 15) is 14.9 Å². The maximum absolute atomic E-state index is 11.9. The molecular weight excluding hydrogens is 330 g/mol. The fourth-order valence-corrected chi connectivity index (χ4v) is 2.37. The second-order valence-corrected chi connectivity index (χ2v) is 5.42. The number of nitrogens with zero attached hydrogens (tertiary/aromatic N) is 1. The van der Waals surface area contributed by atoms with Gasteiger partial charge in [-0.15, -0.1) is 0 Å². The van der Waals surface area contributed by atoms with Gasteiger partial charge in [0.1, 0.15) is 18.8 Å². The van der Waals surface area contributed by atoms with E-state index in [2.05, 4.69) is 21.2 Å². The van der Waals surface area contributed by atoms with Gasteiger partial charge >= 0.3 is 0 Å². The minimum absolute atomic E-state index is 0.121. The molecule has 1 fully saturated rings. The Hall–Kier alpha value is -1.51. The first-order chi connectivity index (χ1) is 9.56. The number of morpholine rings is 1. The molecule has 1 aromatic carbocycles. The van der Waals surface area contributed by atoms with E-state index in [1.807, 2.05) is 0 Å². The second-order valence-electron chi connectivity index (χ2n) is 4.51. The van der Waals surface area contributed by atoms with Crippen LogP contribution in [-0.2, 0) is 9.53 Å². The number of ether oxygens (including phenoxy) is 1. The summed E-state index contributed by atoms with van der Waals surface area (Å²) < 4.78 is 5.81. The molecule has 1 heterocycles. The van der Waals surface area contributed by atoms with Crippen molar-refractivity contribution in [2.75, 3.05) is 38.2 Å². The standard InChI is InChI=1S/C12H14BrN3O4/c13-9-1-2-10(11(7-9)16(18)19)14-12(17)8-15-3-5-20-6-4-15/h1-2,7H,3-6,8H2,(H,14,17)/p+1. The van der Waals surface area contributed by atoms with E-state index in [0.717, 1.165) is 18.0 Å². The van der Waals surface area contributed by atoms with E-state index >= 15 is 0 Å². The molecule has 0 unspecified atom stereocenters. The molecule has 1 amide bonds. The van der Waals surface area contributed by atoms with Gasteiger partial charge in [0, 0.05) is 10.5 Å². The van der Waals surface area contributed by atoms with Gasteiger partial charge in [0.25, 0.3) is 11.6 Å². The largest absolute Gasteiger partial charge is 0.370 e. The highest BCUT2D eigenvalue weighted by Gasteiger charge is 2.21. The number of hydrogen-bond donors (Lipinski definition) is 2. The van der Waals surface area contributed by atoms with Crippen LogP contribution in [0, 0.1) is 10.1 Å². The summed E-state index contributed by atoms with van der Waals surface area (Å²) >= 11 is 3.18. The highest BCUT2D eigenvalue weighted by Crippen LogP contribution is 2.27. The van der Waals surface area contributed by atoms with E-state index in [0.29, 0.717) is 17.7 Å². The maximum atomic E-state index is 11.9. The smallest absolute Gasteiger partial charge is 0.293 e. The first-order valence-corrected chi connectivity index (χ1v) is 7.00. The highest BCUT2D eigenvalue weighted by atomic mass is 79.9. The van der Waals surface area contributed by atoms with Gasteiger partial charge in [-0.2, -0.15) is 0 Å². The molecule has 0 aliphatic carbocycles. The molecule has 0 radical (unpaired) electrons. The van der Waals surface area contributed by atoms with Crippen molar-refractivity contribution in [1.29, 1.82) is 0 Å². The second kappa shape index (κ2) is 6.78. The molecule has 20 heavy (non-hydrogen) atoms. The van der Waals surface area contributed by atoms with Gasteiger partial charge in [0.2, 0.25) is 0 Å².